The van der Waals surface area contributed by atoms with Crippen molar-refractivity contribution in [2.75, 3.05) is 20.3 Å². The number of carbonyl (C=O) groups is 3. The van der Waals surface area contributed by atoms with E-state index in [1.165, 1.54) is 0 Å². The smallest absolute Gasteiger partial charge is 0.417 e. The third-order valence-corrected chi connectivity index (χ3v) is 4.29. The van der Waals surface area contributed by atoms with Gasteiger partial charge >= 0.3 is 6.09 Å². The largest absolute Gasteiger partial charge is 0.496 e. The van der Waals surface area contributed by atoms with Crippen LogP contribution in [0.15, 0.2) is 54.6 Å². The molecule has 1 N–H and O–H groups in total. The minimum atomic E-state index is -0.695. The van der Waals surface area contributed by atoms with Gasteiger partial charge in [0.25, 0.3) is 5.91 Å². The summed E-state index contributed by atoms with van der Waals surface area (Å²) in [6, 6.07) is 15.9. The lowest BCUT2D eigenvalue weighted by Crippen LogP contribution is -2.40. The van der Waals surface area contributed by atoms with E-state index in [2.05, 4.69) is 5.32 Å². The molecule has 1 aliphatic rings. The molecule has 7 heteroatoms. The fourth-order valence-corrected chi connectivity index (χ4v) is 2.93. The maximum Gasteiger partial charge on any atom is 0.417 e. The molecule has 0 radical (unpaired) electrons. The summed E-state index contributed by atoms with van der Waals surface area (Å²) in [5.41, 5.74) is 1.54. The molecular weight excluding hydrogens is 348 g/mol. The van der Waals surface area contributed by atoms with E-state index in [0.717, 1.165) is 16.0 Å². The zero-order chi connectivity index (χ0) is 19.2. The summed E-state index contributed by atoms with van der Waals surface area (Å²) in [4.78, 5) is 37.3. The predicted octanol–water partition coefficient (Wildman–Crippen LogP) is 2.07. The van der Waals surface area contributed by atoms with Crippen LogP contribution in [0.4, 0.5) is 4.79 Å². The number of amides is 3. The monoisotopic (exact) mass is 368 g/mol. The average Bonchev–Trinajstić information content (AvgIpc) is 3.00. The first-order chi connectivity index (χ1) is 13.1. The fourth-order valence-electron chi connectivity index (χ4n) is 2.93. The van der Waals surface area contributed by atoms with Gasteiger partial charge in [-0.15, -0.1) is 0 Å². The van der Waals surface area contributed by atoms with Gasteiger partial charge in [0, 0.05) is 5.56 Å². The zero-order valence-corrected chi connectivity index (χ0v) is 14.9. The molecule has 27 heavy (non-hydrogen) atoms. The summed E-state index contributed by atoms with van der Waals surface area (Å²) < 4.78 is 10.0. The number of rotatable bonds is 7. The maximum atomic E-state index is 12.6. The molecule has 1 fully saturated rings. The molecule has 1 heterocycles. The van der Waals surface area contributed by atoms with Crippen LogP contribution < -0.4 is 10.1 Å². The van der Waals surface area contributed by atoms with Gasteiger partial charge in [0.2, 0.25) is 5.91 Å². The fraction of sp³-hybridized carbons (Fsp3) is 0.250. The highest BCUT2D eigenvalue weighted by atomic mass is 16.6. The van der Waals surface area contributed by atoms with Crippen molar-refractivity contribution in [2.45, 2.75) is 12.5 Å². The number of methoxy groups -OCH3 is 1. The van der Waals surface area contributed by atoms with E-state index in [9.17, 15) is 14.4 Å². The summed E-state index contributed by atoms with van der Waals surface area (Å²) in [6.45, 7) is -0.255. The lowest BCUT2D eigenvalue weighted by atomic mass is 10.1. The van der Waals surface area contributed by atoms with Gasteiger partial charge in [-0.1, -0.05) is 48.5 Å². The molecule has 1 saturated heterocycles. The van der Waals surface area contributed by atoms with Crippen molar-refractivity contribution in [1.82, 2.24) is 10.2 Å². The molecule has 0 saturated carbocycles. The van der Waals surface area contributed by atoms with E-state index >= 15 is 0 Å². The van der Waals surface area contributed by atoms with E-state index in [4.69, 9.17) is 9.47 Å². The Bertz CT molecular complexity index is 821. The van der Waals surface area contributed by atoms with Gasteiger partial charge in [0.1, 0.15) is 5.75 Å². The van der Waals surface area contributed by atoms with Gasteiger partial charge in [-0.3, -0.25) is 9.59 Å². The molecule has 0 bridgehead atoms. The Morgan fingerprint density at radius 3 is 2.52 bits per heavy atom. The summed E-state index contributed by atoms with van der Waals surface area (Å²) in [7, 11) is 1.55. The molecular formula is C20H20N2O5. The van der Waals surface area contributed by atoms with Crippen molar-refractivity contribution in [3.05, 3.63) is 65.7 Å². The van der Waals surface area contributed by atoms with Gasteiger partial charge in [-0.2, -0.15) is 0 Å². The lowest BCUT2D eigenvalue weighted by molar-refractivity contribution is -0.127. The molecule has 3 rings (SSSR count). The van der Waals surface area contributed by atoms with Gasteiger partial charge < -0.3 is 14.8 Å². The number of para-hydroxylation sites is 1. The van der Waals surface area contributed by atoms with Crippen LogP contribution in [-0.2, 0) is 20.7 Å². The van der Waals surface area contributed by atoms with Crippen LogP contribution in [0.3, 0.4) is 0 Å². The molecule has 140 valence electrons. The number of nitrogens with zero attached hydrogens (tertiary/aromatic N) is 1. The number of cyclic esters (lactones) is 1. The molecule has 0 aromatic heterocycles. The molecule has 7 nitrogen and oxygen atoms in total. The van der Waals surface area contributed by atoms with Crippen LogP contribution in [0, 0.1) is 0 Å². The summed E-state index contributed by atoms with van der Waals surface area (Å²) in [6.07, 6.45) is -0.578. The van der Waals surface area contributed by atoms with Crippen LogP contribution in [0.1, 0.15) is 17.2 Å². The highest BCUT2D eigenvalue weighted by molar-refractivity contribution is 5.97. The molecule has 1 atom stereocenters. The van der Waals surface area contributed by atoms with Crippen molar-refractivity contribution in [2.24, 2.45) is 0 Å². The Hall–Kier alpha value is -3.35. The van der Waals surface area contributed by atoms with Crippen LogP contribution in [0.5, 0.6) is 5.75 Å². The summed E-state index contributed by atoms with van der Waals surface area (Å²) in [5.74, 6) is -0.0320. The molecule has 2 aromatic carbocycles. The Kier molecular flexibility index (Phi) is 5.71. The quantitative estimate of drug-likeness (QED) is 0.809. The second-order valence-corrected chi connectivity index (χ2v) is 6.08. The van der Waals surface area contributed by atoms with Crippen molar-refractivity contribution < 1.29 is 23.9 Å². The van der Waals surface area contributed by atoms with Gasteiger partial charge in [-0.25, -0.2) is 9.69 Å². The number of hydrogen-bond acceptors (Lipinski definition) is 5. The first-order valence-electron chi connectivity index (χ1n) is 8.52. The minimum Gasteiger partial charge on any atom is -0.496 e. The average molecular weight is 368 g/mol. The molecule has 1 aliphatic heterocycles. The standard InChI is InChI=1S/C20H20N2O5/c1-26-17-10-6-5-9-15(17)11-18(23)21-16(14-7-3-2-4-8-14)12-22-19(24)13-27-20(22)25/h2-10,16H,11-13H2,1H3,(H,21,23). The number of carbonyl (C=O) groups excluding carboxylic acids is 3. The number of nitrogens with one attached hydrogen (secondary N) is 1. The highest BCUT2D eigenvalue weighted by Gasteiger charge is 2.33. The minimum absolute atomic E-state index is 0.0132. The van der Waals surface area contributed by atoms with Gasteiger partial charge in [0.15, 0.2) is 6.61 Å². The van der Waals surface area contributed by atoms with E-state index < -0.39 is 18.0 Å². The van der Waals surface area contributed by atoms with E-state index in [1.54, 1.807) is 13.2 Å². The molecule has 0 aliphatic carbocycles. The summed E-state index contributed by atoms with van der Waals surface area (Å²) in [5, 5.41) is 2.90. The first-order valence-corrected chi connectivity index (χ1v) is 8.52. The Morgan fingerprint density at radius 2 is 1.85 bits per heavy atom. The third-order valence-electron chi connectivity index (χ3n) is 4.29. The predicted molar refractivity (Wildman–Crippen MR) is 97.1 cm³/mol. The van der Waals surface area contributed by atoms with Crippen LogP contribution in [0.2, 0.25) is 0 Å². The van der Waals surface area contributed by atoms with E-state index in [1.807, 2.05) is 48.5 Å². The van der Waals surface area contributed by atoms with Crippen molar-refractivity contribution >= 4 is 17.9 Å². The lowest BCUT2D eigenvalue weighted by Gasteiger charge is -2.23. The first kappa shape index (κ1) is 18.4. The molecule has 3 amide bonds. The van der Waals surface area contributed by atoms with Crippen LogP contribution in [-0.4, -0.2) is 43.1 Å². The van der Waals surface area contributed by atoms with Gasteiger partial charge in [0.05, 0.1) is 26.1 Å². The zero-order valence-electron chi connectivity index (χ0n) is 14.9. The molecule has 1 unspecified atom stereocenters. The van der Waals surface area contributed by atoms with Crippen molar-refractivity contribution in [1.29, 1.82) is 0 Å². The third kappa shape index (κ3) is 4.44. The maximum absolute atomic E-state index is 12.6. The second kappa shape index (κ2) is 8.35. The van der Waals surface area contributed by atoms with E-state index in [0.29, 0.717) is 5.75 Å². The second-order valence-electron chi connectivity index (χ2n) is 6.08. The molecule has 0 spiro atoms. The van der Waals surface area contributed by atoms with Crippen LogP contribution in [0.25, 0.3) is 0 Å². The Balaban J connectivity index is 1.76. The number of hydrogen-bond donors (Lipinski definition) is 1. The van der Waals surface area contributed by atoms with Gasteiger partial charge in [-0.05, 0) is 11.6 Å². The van der Waals surface area contributed by atoms with E-state index in [-0.39, 0.29) is 25.5 Å². The van der Waals surface area contributed by atoms with Crippen molar-refractivity contribution in [3.8, 4) is 5.75 Å². The topological polar surface area (TPSA) is 84.9 Å². The number of imide groups is 1. The highest BCUT2D eigenvalue weighted by Crippen LogP contribution is 2.20. The molecule has 2 aromatic rings. The Labute approximate surface area is 156 Å². The Morgan fingerprint density at radius 1 is 1.15 bits per heavy atom. The SMILES string of the molecule is COc1ccccc1CC(=O)NC(CN1C(=O)COC1=O)c1ccccc1. The summed E-state index contributed by atoms with van der Waals surface area (Å²) >= 11 is 0. The number of benzene rings is 2. The normalized spacial score (nSPS) is 14.6. The van der Waals surface area contributed by atoms with Crippen molar-refractivity contribution in [3.63, 3.8) is 0 Å². The number of ether oxygens (including phenoxy) is 2. The van der Waals surface area contributed by atoms with Crippen LogP contribution >= 0.6 is 0 Å².